The van der Waals surface area contributed by atoms with Crippen LogP contribution >= 0.6 is 0 Å². The van der Waals surface area contributed by atoms with Gasteiger partial charge in [-0.2, -0.15) is 0 Å². The van der Waals surface area contributed by atoms with E-state index < -0.39 is 0 Å². The second-order valence-electron chi connectivity index (χ2n) is 2.80. The maximum atomic E-state index is 3.09. The van der Waals surface area contributed by atoms with E-state index in [4.69, 9.17) is 0 Å². The van der Waals surface area contributed by atoms with Gasteiger partial charge in [-0.15, -0.1) is 0 Å². The van der Waals surface area contributed by atoms with Crippen LogP contribution in [0.15, 0.2) is 42.5 Å². The summed E-state index contributed by atoms with van der Waals surface area (Å²) in [4.78, 5) is 0. The first-order valence-electron chi connectivity index (χ1n) is 4.54. The molecule has 0 unspecified atom stereocenters. The van der Waals surface area contributed by atoms with Crippen molar-refractivity contribution >= 4 is 0 Å². The molecule has 12 heavy (non-hydrogen) atoms. The van der Waals surface area contributed by atoms with E-state index in [1.165, 1.54) is 12.8 Å². The number of hydrogen-bond acceptors (Lipinski definition) is 0. The molecule has 0 aromatic rings. The van der Waals surface area contributed by atoms with Crippen LogP contribution < -0.4 is 0 Å². The summed E-state index contributed by atoms with van der Waals surface area (Å²) in [5.74, 6) is 0. The number of hydrogen-bond donors (Lipinski definition) is 0. The fraction of sp³-hybridized carbons (Fsp3) is 0.333. The molecule has 1 aliphatic rings. The summed E-state index contributed by atoms with van der Waals surface area (Å²) >= 11 is 0. The molecule has 0 saturated heterocycles. The van der Waals surface area contributed by atoms with Crippen LogP contribution in [0, 0.1) is 6.08 Å². The van der Waals surface area contributed by atoms with Gasteiger partial charge in [-0.05, 0) is 31.8 Å². The fourth-order valence-corrected chi connectivity index (χ4v) is 1.06. The SMILES string of the molecule is [C]1=CC=CCC=CCCCC=C1. The third kappa shape index (κ3) is 4.73. The zero-order valence-corrected chi connectivity index (χ0v) is 7.37. The number of rotatable bonds is 0. The van der Waals surface area contributed by atoms with Crippen LogP contribution in [0.4, 0.5) is 0 Å². The van der Waals surface area contributed by atoms with E-state index in [-0.39, 0.29) is 0 Å². The second-order valence-corrected chi connectivity index (χ2v) is 2.80. The predicted octanol–water partition coefficient (Wildman–Crippen LogP) is 3.59. The first-order chi connectivity index (χ1) is 6.00. The zero-order chi connectivity index (χ0) is 8.49. The highest BCUT2D eigenvalue weighted by molar-refractivity contribution is 5.07. The molecular formula is C12H15. The molecule has 0 heteroatoms. The first kappa shape index (κ1) is 9.05. The Balaban J connectivity index is 2.42. The molecule has 1 radical (unpaired) electrons. The van der Waals surface area contributed by atoms with Crippen molar-refractivity contribution in [2.45, 2.75) is 25.7 Å². The van der Waals surface area contributed by atoms with Gasteiger partial charge in [0.15, 0.2) is 0 Å². The van der Waals surface area contributed by atoms with E-state index in [2.05, 4.69) is 30.4 Å². The average molecular weight is 159 g/mol. The highest BCUT2D eigenvalue weighted by atomic mass is 13.9. The molecule has 0 heterocycles. The molecule has 1 aliphatic carbocycles. The highest BCUT2D eigenvalue weighted by Gasteiger charge is 1.80. The minimum Gasteiger partial charge on any atom is -0.0882 e. The van der Waals surface area contributed by atoms with Crippen LogP contribution in [-0.4, -0.2) is 0 Å². The quantitative estimate of drug-likeness (QED) is 0.474. The Labute approximate surface area is 75.0 Å². The van der Waals surface area contributed by atoms with Crippen molar-refractivity contribution in [2.24, 2.45) is 0 Å². The minimum atomic E-state index is 1.04. The summed E-state index contributed by atoms with van der Waals surface area (Å²) < 4.78 is 0. The standard InChI is InChI=1S/C12H15/c1-2-4-6-8-10-12-11-9-7-5-3-1/h1-3,6-9H,4,10-12H2. The van der Waals surface area contributed by atoms with Gasteiger partial charge in [-0.3, -0.25) is 0 Å². The molecule has 0 aromatic heterocycles. The van der Waals surface area contributed by atoms with Crippen LogP contribution in [-0.2, 0) is 0 Å². The van der Waals surface area contributed by atoms with Gasteiger partial charge in [0.1, 0.15) is 0 Å². The molecule has 0 atom stereocenters. The Kier molecular flexibility index (Phi) is 5.02. The number of allylic oxidation sites excluding steroid dienone is 8. The lowest BCUT2D eigenvalue weighted by Crippen LogP contribution is -1.70. The molecule has 0 nitrogen and oxygen atoms in total. The molecule has 0 fully saturated rings. The Morgan fingerprint density at radius 1 is 0.917 bits per heavy atom. The predicted molar refractivity (Wildman–Crippen MR) is 53.7 cm³/mol. The maximum absolute atomic E-state index is 3.09. The Morgan fingerprint density at radius 3 is 2.83 bits per heavy atom. The van der Waals surface area contributed by atoms with Crippen molar-refractivity contribution in [2.75, 3.05) is 0 Å². The molecule has 1 rings (SSSR count). The summed E-state index contributed by atoms with van der Waals surface area (Å²) in [7, 11) is 0. The molecule has 0 amide bonds. The van der Waals surface area contributed by atoms with Crippen LogP contribution in [0.1, 0.15) is 25.7 Å². The van der Waals surface area contributed by atoms with Gasteiger partial charge in [-0.1, -0.05) is 42.5 Å². The van der Waals surface area contributed by atoms with E-state index in [0.29, 0.717) is 0 Å². The largest absolute Gasteiger partial charge is 0.0882 e. The normalized spacial score (nSPS) is 18.7. The van der Waals surface area contributed by atoms with E-state index in [9.17, 15) is 0 Å². The summed E-state index contributed by atoms with van der Waals surface area (Å²) in [5, 5.41) is 0. The van der Waals surface area contributed by atoms with Crippen molar-refractivity contribution in [1.29, 1.82) is 0 Å². The van der Waals surface area contributed by atoms with Crippen LogP contribution in [0.5, 0.6) is 0 Å². The Hall–Kier alpha value is -1.04. The van der Waals surface area contributed by atoms with Gasteiger partial charge < -0.3 is 0 Å². The molecule has 0 bridgehead atoms. The van der Waals surface area contributed by atoms with Crippen molar-refractivity contribution in [3.63, 3.8) is 0 Å². The van der Waals surface area contributed by atoms with Gasteiger partial charge in [0.2, 0.25) is 0 Å². The molecular weight excluding hydrogens is 144 g/mol. The van der Waals surface area contributed by atoms with Crippen molar-refractivity contribution in [3.05, 3.63) is 48.6 Å². The maximum Gasteiger partial charge on any atom is -0.0166 e. The topological polar surface area (TPSA) is 0 Å². The van der Waals surface area contributed by atoms with Crippen LogP contribution in [0.25, 0.3) is 0 Å². The van der Waals surface area contributed by atoms with Crippen LogP contribution in [0.3, 0.4) is 0 Å². The monoisotopic (exact) mass is 159 g/mol. The minimum absolute atomic E-state index is 1.04. The first-order valence-corrected chi connectivity index (χ1v) is 4.54. The zero-order valence-electron chi connectivity index (χ0n) is 7.37. The summed E-state index contributed by atoms with van der Waals surface area (Å²) in [6, 6.07) is 0. The summed E-state index contributed by atoms with van der Waals surface area (Å²) in [5.41, 5.74) is 0. The third-order valence-electron chi connectivity index (χ3n) is 1.72. The van der Waals surface area contributed by atoms with Crippen molar-refractivity contribution in [1.82, 2.24) is 0 Å². The molecule has 0 saturated carbocycles. The van der Waals surface area contributed by atoms with Crippen molar-refractivity contribution < 1.29 is 0 Å². The van der Waals surface area contributed by atoms with Gasteiger partial charge in [0.25, 0.3) is 0 Å². The van der Waals surface area contributed by atoms with Crippen molar-refractivity contribution in [3.8, 4) is 0 Å². The lowest BCUT2D eigenvalue weighted by molar-refractivity contribution is 0.866. The molecule has 0 aromatic carbocycles. The molecule has 0 N–H and O–H groups in total. The third-order valence-corrected chi connectivity index (χ3v) is 1.72. The smallest absolute Gasteiger partial charge is 0.0166 e. The average Bonchev–Trinajstić information content (AvgIpc) is 2.05. The Bertz CT molecular complexity index is 204. The Morgan fingerprint density at radius 2 is 1.83 bits per heavy atom. The highest BCUT2D eigenvalue weighted by Crippen LogP contribution is 2.00. The van der Waals surface area contributed by atoms with Gasteiger partial charge in [-0.25, -0.2) is 0 Å². The summed E-state index contributed by atoms with van der Waals surface area (Å²) in [6.45, 7) is 0. The van der Waals surface area contributed by atoms with Gasteiger partial charge in [0, 0.05) is 0 Å². The molecule has 63 valence electrons. The van der Waals surface area contributed by atoms with E-state index in [0.717, 1.165) is 12.8 Å². The molecule has 0 aliphatic heterocycles. The van der Waals surface area contributed by atoms with E-state index >= 15 is 0 Å². The van der Waals surface area contributed by atoms with E-state index in [1.807, 2.05) is 18.2 Å². The summed E-state index contributed by atoms with van der Waals surface area (Å²) in [6.07, 6.45) is 22.5. The molecule has 0 spiro atoms. The van der Waals surface area contributed by atoms with Crippen LogP contribution in [0.2, 0.25) is 0 Å². The lowest BCUT2D eigenvalue weighted by Gasteiger charge is -1.89. The van der Waals surface area contributed by atoms with Gasteiger partial charge in [0.05, 0.1) is 0 Å². The van der Waals surface area contributed by atoms with Gasteiger partial charge >= 0.3 is 0 Å². The fourth-order valence-electron chi connectivity index (χ4n) is 1.06. The lowest BCUT2D eigenvalue weighted by atomic mass is 10.2. The van der Waals surface area contributed by atoms with E-state index in [1.54, 1.807) is 0 Å². The second kappa shape index (κ2) is 6.66.